The van der Waals surface area contributed by atoms with Crippen molar-refractivity contribution in [3.05, 3.63) is 51.2 Å². The van der Waals surface area contributed by atoms with E-state index in [0.717, 1.165) is 22.9 Å². The average molecular weight is 415 g/mol. The van der Waals surface area contributed by atoms with Crippen LogP contribution in [0.5, 0.6) is 11.5 Å². The van der Waals surface area contributed by atoms with E-state index in [2.05, 4.69) is 25.9 Å². The molecule has 1 fully saturated rings. The number of H-pyrrole nitrogens is 1. The lowest BCUT2D eigenvalue weighted by atomic mass is 10.1. The van der Waals surface area contributed by atoms with Gasteiger partial charge in [-0.3, -0.25) is 4.79 Å². The van der Waals surface area contributed by atoms with Gasteiger partial charge in [-0.15, -0.1) is 0 Å². The fourth-order valence-corrected chi connectivity index (χ4v) is 3.88. The molecule has 5 nitrogen and oxygen atoms in total. The van der Waals surface area contributed by atoms with E-state index >= 15 is 0 Å². The van der Waals surface area contributed by atoms with E-state index in [-0.39, 0.29) is 11.7 Å². The van der Waals surface area contributed by atoms with Crippen LogP contribution in [0.4, 0.5) is 0 Å². The van der Waals surface area contributed by atoms with Gasteiger partial charge < -0.3 is 14.5 Å². The minimum atomic E-state index is -0.164. The lowest BCUT2D eigenvalue weighted by Crippen LogP contribution is -2.12. The summed E-state index contributed by atoms with van der Waals surface area (Å²) in [6, 6.07) is 11.0. The third-order valence-electron chi connectivity index (χ3n) is 4.72. The Bertz CT molecular complexity index is 1010. The minimum absolute atomic E-state index is 0.164. The molecule has 0 radical (unpaired) electrons. The van der Waals surface area contributed by atoms with Crippen LogP contribution < -0.4 is 15.0 Å². The number of para-hydroxylation sites is 1. The fraction of sp³-hybridized carbons (Fsp3) is 0.300. The maximum absolute atomic E-state index is 12.4. The third-order valence-corrected chi connectivity index (χ3v) is 5.37. The van der Waals surface area contributed by atoms with E-state index < -0.39 is 0 Å². The van der Waals surface area contributed by atoms with Gasteiger partial charge >= 0.3 is 0 Å². The molecule has 0 saturated heterocycles. The highest BCUT2D eigenvalue weighted by molar-refractivity contribution is 9.10. The number of nitrogens with one attached hydrogen (secondary N) is 1. The molecular weight excluding hydrogens is 396 g/mol. The number of rotatable bonds is 4. The van der Waals surface area contributed by atoms with Gasteiger partial charge in [-0.25, -0.2) is 4.98 Å². The largest absolute Gasteiger partial charge is 0.493 e. The van der Waals surface area contributed by atoms with Crippen molar-refractivity contribution in [3.8, 4) is 22.9 Å². The normalized spacial score (nSPS) is 14.7. The first-order valence-corrected chi connectivity index (χ1v) is 9.48. The lowest BCUT2D eigenvalue weighted by Gasteiger charge is -2.17. The van der Waals surface area contributed by atoms with E-state index in [1.807, 2.05) is 30.3 Å². The van der Waals surface area contributed by atoms with Gasteiger partial charge in [-0.1, -0.05) is 12.1 Å². The summed E-state index contributed by atoms with van der Waals surface area (Å²) in [5.74, 6) is 1.83. The quantitative estimate of drug-likeness (QED) is 0.672. The van der Waals surface area contributed by atoms with Crippen LogP contribution in [-0.2, 0) is 0 Å². The van der Waals surface area contributed by atoms with Crippen molar-refractivity contribution < 1.29 is 9.47 Å². The Morgan fingerprint density at radius 3 is 2.69 bits per heavy atom. The van der Waals surface area contributed by atoms with Gasteiger partial charge in [0.15, 0.2) is 11.5 Å². The summed E-state index contributed by atoms with van der Waals surface area (Å²) in [6.07, 6.45) is 4.79. The summed E-state index contributed by atoms with van der Waals surface area (Å²) < 4.78 is 12.4. The van der Waals surface area contributed by atoms with Crippen molar-refractivity contribution in [2.24, 2.45) is 0 Å². The van der Waals surface area contributed by atoms with Gasteiger partial charge in [-0.2, -0.15) is 0 Å². The van der Waals surface area contributed by atoms with E-state index in [4.69, 9.17) is 9.47 Å². The Balaban J connectivity index is 1.78. The highest BCUT2D eigenvalue weighted by Gasteiger charge is 2.20. The average Bonchev–Trinajstić information content (AvgIpc) is 3.15. The van der Waals surface area contributed by atoms with Crippen molar-refractivity contribution in [1.82, 2.24) is 9.97 Å². The van der Waals surface area contributed by atoms with Crippen LogP contribution in [0.2, 0.25) is 0 Å². The molecule has 0 bridgehead atoms. The molecule has 134 valence electrons. The van der Waals surface area contributed by atoms with E-state index in [1.54, 1.807) is 13.2 Å². The van der Waals surface area contributed by atoms with Crippen LogP contribution in [0.1, 0.15) is 25.7 Å². The maximum atomic E-state index is 12.4. The Morgan fingerprint density at radius 2 is 1.92 bits per heavy atom. The molecule has 1 saturated carbocycles. The van der Waals surface area contributed by atoms with Gasteiger partial charge in [0, 0.05) is 10.0 Å². The molecule has 26 heavy (non-hydrogen) atoms. The molecular formula is C20H19BrN2O3. The third kappa shape index (κ3) is 3.21. The number of hydrogen-bond donors (Lipinski definition) is 1. The second-order valence-corrected chi connectivity index (χ2v) is 7.29. The first-order chi connectivity index (χ1) is 12.7. The number of nitrogens with zero attached hydrogens (tertiary/aromatic N) is 1. The monoisotopic (exact) mass is 414 g/mol. The Morgan fingerprint density at radius 1 is 1.15 bits per heavy atom. The summed E-state index contributed by atoms with van der Waals surface area (Å²) >= 11 is 3.59. The van der Waals surface area contributed by atoms with Crippen LogP contribution in [0.25, 0.3) is 22.3 Å². The molecule has 0 aliphatic heterocycles. The predicted octanol–water partition coefficient (Wildman–Crippen LogP) is 4.68. The number of aromatic nitrogens is 2. The second kappa shape index (κ2) is 7.11. The molecule has 2 aromatic carbocycles. The van der Waals surface area contributed by atoms with Crippen molar-refractivity contribution >= 4 is 26.8 Å². The molecule has 4 rings (SSSR count). The van der Waals surface area contributed by atoms with Gasteiger partial charge in [0.2, 0.25) is 0 Å². The highest BCUT2D eigenvalue weighted by atomic mass is 79.9. The number of fused-ring (bicyclic) bond motifs is 1. The Labute approximate surface area is 159 Å². The maximum Gasteiger partial charge on any atom is 0.259 e. The van der Waals surface area contributed by atoms with Gasteiger partial charge in [0.05, 0.1) is 24.1 Å². The summed E-state index contributed by atoms with van der Waals surface area (Å²) in [7, 11) is 1.62. The van der Waals surface area contributed by atoms with Crippen LogP contribution in [0, 0.1) is 0 Å². The Kier molecular flexibility index (Phi) is 4.68. The number of ether oxygens (including phenoxy) is 2. The molecule has 1 aliphatic rings. The molecule has 3 aromatic rings. The number of benzene rings is 2. The first kappa shape index (κ1) is 17.1. The molecule has 0 atom stereocenters. The minimum Gasteiger partial charge on any atom is -0.493 e. The zero-order valence-electron chi connectivity index (χ0n) is 14.4. The SMILES string of the molecule is COc1cc(-c2nc3ccccc3c(=O)[nH]2)c(Br)cc1OC1CCCC1. The molecule has 1 heterocycles. The van der Waals surface area contributed by atoms with Gasteiger partial charge in [-0.05, 0) is 65.9 Å². The molecule has 0 amide bonds. The standard InChI is InChI=1S/C20H19BrN2O3/c1-25-17-10-14(15(21)11-18(17)26-12-6-2-3-7-12)19-22-16-9-5-4-8-13(16)20(24)23-19/h4-5,8-12H,2-3,6-7H2,1H3,(H,22,23,24). The number of halogens is 1. The number of methoxy groups -OCH3 is 1. The van der Waals surface area contributed by atoms with E-state index in [1.165, 1.54) is 12.8 Å². The van der Waals surface area contributed by atoms with Gasteiger partial charge in [0.1, 0.15) is 5.82 Å². The van der Waals surface area contributed by atoms with Crippen molar-refractivity contribution in [3.63, 3.8) is 0 Å². The lowest BCUT2D eigenvalue weighted by molar-refractivity contribution is 0.200. The van der Waals surface area contributed by atoms with Crippen molar-refractivity contribution in [1.29, 1.82) is 0 Å². The molecule has 0 unspecified atom stereocenters. The Hall–Kier alpha value is -2.34. The zero-order valence-corrected chi connectivity index (χ0v) is 16.0. The molecule has 1 aromatic heterocycles. The molecule has 1 aliphatic carbocycles. The smallest absolute Gasteiger partial charge is 0.259 e. The van der Waals surface area contributed by atoms with Crippen molar-refractivity contribution in [2.75, 3.05) is 7.11 Å². The fourth-order valence-electron chi connectivity index (χ4n) is 3.37. The predicted molar refractivity (Wildman–Crippen MR) is 105 cm³/mol. The van der Waals surface area contributed by atoms with Crippen molar-refractivity contribution in [2.45, 2.75) is 31.8 Å². The highest BCUT2D eigenvalue weighted by Crippen LogP contribution is 2.39. The second-order valence-electron chi connectivity index (χ2n) is 6.44. The molecule has 6 heteroatoms. The number of aromatic amines is 1. The molecule has 0 spiro atoms. The summed E-state index contributed by atoms with van der Waals surface area (Å²) in [5, 5.41) is 0.570. The summed E-state index contributed by atoms with van der Waals surface area (Å²) in [5.41, 5.74) is 1.25. The summed E-state index contributed by atoms with van der Waals surface area (Å²) in [6.45, 7) is 0. The van der Waals surface area contributed by atoms with Gasteiger partial charge in [0.25, 0.3) is 5.56 Å². The van der Waals surface area contributed by atoms with Crippen LogP contribution in [-0.4, -0.2) is 23.2 Å². The van der Waals surface area contributed by atoms with Crippen LogP contribution >= 0.6 is 15.9 Å². The number of hydrogen-bond acceptors (Lipinski definition) is 4. The van der Waals surface area contributed by atoms with E-state index in [9.17, 15) is 4.79 Å². The summed E-state index contributed by atoms with van der Waals surface area (Å²) in [4.78, 5) is 19.8. The van der Waals surface area contributed by atoms with Crippen LogP contribution in [0.3, 0.4) is 0 Å². The van der Waals surface area contributed by atoms with Crippen LogP contribution in [0.15, 0.2) is 45.7 Å². The topological polar surface area (TPSA) is 64.2 Å². The zero-order chi connectivity index (χ0) is 18.1. The van der Waals surface area contributed by atoms with E-state index in [0.29, 0.717) is 28.2 Å². The first-order valence-electron chi connectivity index (χ1n) is 8.69. The molecule has 1 N–H and O–H groups in total.